The molecule has 1 heterocycles. The van der Waals surface area contributed by atoms with Crippen LogP contribution in [0.3, 0.4) is 0 Å². The number of aryl methyl sites for hydroxylation is 3. The Hall–Kier alpha value is -2.90. The van der Waals surface area contributed by atoms with Gasteiger partial charge in [-0.3, -0.25) is 9.48 Å². The third-order valence-corrected chi connectivity index (χ3v) is 4.54. The number of aromatic nitrogens is 2. The van der Waals surface area contributed by atoms with E-state index in [-0.39, 0.29) is 11.7 Å². The lowest BCUT2D eigenvalue weighted by molar-refractivity contribution is 0.0954. The first-order valence-corrected chi connectivity index (χ1v) is 9.39. The zero-order valence-electron chi connectivity index (χ0n) is 17.2. The summed E-state index contributed by atoms with van der Waals surface area (Å²) in [4.78, 5) is 16.7. The Balaban J connectivity index is 1.87. The summed E-state index contributed by atoms with van der Waals surface area (Å²) >= 11 is 0. The molecular formula is C20H29FN6O. The largest absolute Gasteiger partial charge is 0.357 e. The van der Waals surface area contributed by atoms with Gasteiger partial charge in [-0.15, -0.1) is 0 Å². The molecule has 1 aromatic heterocycles. The van der Waals surface area contributed by atoms with Gasteiger partial charge in [-0.2, -0.15) is 5.10 Å². The van der Waals surface area contributed by atoms with Crippen molar-refractivity contribution in [3.05, 3.63) is 52.1 Å². The van der Waals surface area contributed by atoms with E-state index in [0.717, 1.165) is 23.5 Å². The van der Waals surface area contributed by atoms with E-state index >= 15 is 0 Å². The molecule has 0 aliphatic carbocycles. The molecule has 1 amide bonds. The second-order valence-electron chi connectivity index (χ2n) is 6.61. The first-order valence-electron chi connectivity index (χ1n) is 9.39. The van der Waals surface area contributed by atoms with E-state index in [1.54, 1.807) is 19.1 Å². The van der Waals surface area contributed by atoms with Crippen molar-refractivity contribution in [1.82, 2.24) is 25.7 Å². The van der Waals surface area contributed by atoms with Gasteiger partial charge in [-0.1, -0.05) is 6.07 Å². The highest BCUT2D eigenvalue weighted by Crippen LogP contribution is 2.12. The van der Waals surface area contributed by atoms with Crippen molar-refractivity contribution in [2.75, 3.05) is 19.6 Å². The van der Waals surface area contributed by atoms with E-state index in [0.29, 0.717) is 36.7 Å². The van der Waals surface area contributed by atoms with Crippen LogP contribution in [0.5, 0.6) is 0 Å². The fourth-order valence-electron chi connectivity index (χ4n) is 2.74. The van der Waals surface area contributed by atoms with Gasteiger partial charge in [0.25, 0.3) is 5.91 Å². The van der Waals surface area contributed by atoms with Gasteiger partial charge in [0, 0.05) is 43.5 Å². The zero-order valence-corrected chi connectivity index (χ0v) is 17.2. The number of amides is 1. The average Bonchev–Trinajstić information content (AvgIpc) is 2.90. The normalized spacial score (nSPS) is 11.4. The summed E-state index contributed by atoms with van der Waals surface area (Å²) in [6.45, 7) is 9.79. The number of carbonyl (C=O) groups excluding carboxylic acids is 1. The molecule has 2 aromatic rings. The van der Waals surface area contributed by atoms with Crippen molar-refractivity contribution in [2.45, 2.75) is 34.2 Å². The average molecular weight is 388 g/mol. The third-order valence-electron chi connectivity index (χ3n) is 4.54. The maximum atomic E-state index is 13.6. The predicted molar refractivity (Wildman–Crippen MR) is 109 cm³/mol. The molecule has 1 aromatic carbocycles. The van der Waals surface area contributed by atoms with Crippen molar-refractivity contribution in [3.63, 3.8) is 0 Å². The smallest absolute Gasteiger partial charge is 0.251 e. The second kappa shape index (κ2) is 9.87. The van der Waals surface area contributed by atoms with Crippen molar-refractivity contribution in [2.24, 2.45) is 12.0 Å². The highest BCUT2D eigenvalue weighted by atomic mass is 19.1. The van der Waals surface area contributed by atoms with Gasteiger partial charge >= 0.3 is 0 Å². The Morgan fingerprint density at radius 1 is 1.18 bits per heavy atom. The van der Waals surface area contributed by atoms with Gasteiger partial charge in [-0.25, -0.2) is 9.38 Å². The summed E-state index contributed by atoms with van der Waals surface area (Å²) in [5.74, 6) is -0.0154. The Morgan fingerprint density at radius 3 is 2.50 bits per heavy atom. The van der Waals surface area contributed by atoms with Gasteiger partial charge in [0.2, 0.25) is 0 Å². The van der Waals surface area contributed by atoms with Crippen LogP contribution in [0.1, 0.15) is 39.8 Å². The van der Waals surface area contributed by atoms with E-state index in [1.807, 2.05) is 32.5 Å². The van der Waals surface area contributed by atoms with Crippen LogP contribution in [0.25, 0.3) is 0 Å². The number of rotatable bonds is 7. The lowest BCUT2D eigenvalue weighted by Gasteiger charge is -2.12. The SMILES string of the molecule is CCNC(=NCc1c(C)nn(C)c1C)NCCNC(=O)c1ccc(C)c(F)c1. The van der Waals surface area contributed by atoms with Crippen LogP contribution in [0.15, 0.2) is 23.2 Å². The molecule has 0 aliphatic heterocycles. The van der Waals surface area contributed by atoms with Crippen LogP contribution in [0, 0.1) is 26.6 Å². The number of benzene rings is 1. The van der Waals surface area contributed by atoms with Gasteiger partial charge in [-0.05, 0) is 45.4 Å². The van der Waals surface area contributed by atoms with E-state index in [9.17, 15) is 9.18 Å². The monoisotopic (exact) mass is 388 g/mol. The standard InChI is InChI=1S/C20H29FN6O/c1-6-22-20(25-12-17-14(3)26-27(5)15(17)4)24-10-9-23-19(28)16-8-7-13(2)18(21)11-16/h7-8,11H,6,9-10,12H2,1-5H3,(H,23,28)(H2,22,24,25). The molecule has 0 bridgehead atoms. The predicted octanol–water partition coefficient (Wildman–Crippen LogP) is 1.97. The van der Waals surface area contributed by atoms with Crippen LogP contribution in [-0.2, 0) is 13.6 Å². The highest BCUT2D eigenvalue weighted by molar-refractivity contribution is 5.94. The van der Waals surface area contributed by atoms with E-state index in [4.69, 9.17) is 0 Å². The van der Waals surface area contributed by atoms with Gasteiger partial charge in [0.1, 0.15) is 5.82 Å². The number of halogens is 1. The number of hydrogen-bond donors (Lipinski definition) is 3. The van der Waals surface area contributed by atoms with Crippen LogP contribution < -0.4 is 16.0 Å². The van der Waals surface area contributed by atoms with Crippen LogP contribution >= 0.6 is 0 Å². The fourth-order valence-corrected chi connectivity index (χ4v) is 2.74. The van der Waals surface area contributed by atoms with Gasteiger partial charge < -0.3 is 16.0 Å². The van der Waals surface area contributed by atoms with Crippen LogP contribution in [0.2, 0.25) is 0 Å². The summed E-state index contributed by atoms with van der Waals surface area (Å²) < 4.78 is 15.4. The molecule has 0 radical (unpaired) electrons. The minimum atomic E-state index is -0.381. The molecule has 0 fully saturated rings. The molecule has 0 aliphatic rings. The summed E-state index contributed by atoms with van der Waals surface area (Å²) in [6.07, 6.45) is 0. The molecule has 0 spiro atoms. The fraction of sp³-hybridized carbons (Fsp3) is 0.450. The topological polar surface area (TPSA) is 83.3 Å². The molecule has 152 valence electrons. The lowest BCUT2D eigenvalue weighted by atomic mass is 10.1. The number of hydrogen-bond acceptors (Lipinski definition) is 3. The first-order chi connectivity index (χ1) is 13.3. The molecule has 0 atom stereocenters. The lowest BCUT2D eigenvalue weighted by Crippen LogP contribution is -2.41. The Labute approximate surface area is 165 Å². The quantitative estimate of drug-likeness (QED) is 0.385. The van der Waals surface area contributed by atoms with Gasteiger partial charge in [0.15, 0.2) is 5.96 Å². The summed E-state index contributed by atoms with van der Waals surface area (Å²) in [5, 5.41) is 13.5. The number of nitrogens with one attached hydrogen (secondary N) is 3. The minimum absolute atomic E-state index is 0.302. The molecule has 0 unspecified atom stereocenters. The highest BCUT2D eigenvalue weighted by Gasteiger charge is 2.10. The van der Waals surface area contributed by atoms with E-state index in [2.05, 4.69) is 26.0 Å². The molecule has 0 saturated carbocycles. The van der Waals surface area contributed by atoms with Crippen LogP contribution in [-0.4, -0.2) is 41.3 Å². The Morgan fingerprint density at radius 2 is 1.89 bits per heavy atom. The summed E-state index contributed by atoms with van der Waals surface area (Å²) in [5.41, 5.74) is 4.00. The Kier molecular flexibility index (Phi) is 7.54. The molecule has 2 rings (SSSR count). The van der Waals surface area contributed by atoms with E-state index in [1.165, 1.54) is 6.07 Å². The molecule has 7 nitrogen and oxygen atoms in total. The maximum absolute atomic E-state index is 13.6. The molecule has 28 heavy (non-hydrogen) atoms. The zero-order chi connectivity index (χ0) is 20.7. The van der Waals surface area contributed by atoms with Crippen molar-refractivity contribution >= 4 is 11.9 Å². The molecule has 3 N–H and O–H groups in total. The van der Waals surface area contributed by atoms with E-state index < -0.39 is 0 Å². The van der Waals surface area contributed by atoms with Gasteiger partial charge in [0.05, 0.1) is 12.2 Å². The molecule has 0 saturated heterocycles. The van der Waals surface area contributed by atoms with Crippen LogP contribution in [0.4, 0.5) is 4.39 Å². The number of nitrogens with zero attached hydrogens (tertiary/aromatic N) is 3. The first kappa shape index (κ1) is 21.4. The molecule has 8 heteroatoms. The number of carbonyl (C=O) groups is 1. The van der Waals surface area contributed by atoms with Crippen molar-refractivity contribution < 1.29 is 9.18 Å². The second-order valence-corrected chi connectivity index (χ2v) is 6.61. The third kappa shape index (κ3) is 5.55. The minimum Gasteiger partial charge on any atom is -0.357 e. The number of aliphatic imine (C=N–C) groups is 1. The summed E-state index contributed by atoms with van der Waals surface area (Å²) in [7, 11) is 1.92. The Bertz CT molecular complexity index is 859. The summed E-state index contributed by atoms with van der Waals surface area (Å²) in [6, 6.07) is 4.47. The van der Waals surface area contributed by atoms with Crippen molar-refractivity contribution in [3.8, 4) is 0 Å². The molecular weight excluding hydrogens is 359 g/mol. The van der Waals surface area contributed by atoms with Crippen molar-refractivity contribution in [1.29, 1.82) is 0 Å². The number of guanidine groups is 1. The maximum Gasteiger partial charge on any atom is 0.251 e.